The maximum absolute atomic E-state index is 12.2. The maximum Gasteiger partial charge on any atom is 0.240 e. The summed E-state index contributed by atoms with van der Waals surface area (Å²) in [6.45, 7) is 4.27. The third kappa shape index (κ3) is 3.55. The maximum atomic E-state index is 12.2. The highest BCUT2D eigenvalue weighted by Crippen LogP contribution is 2.36. The molecule has 1 aliphatic rings. The molecule has 1 aliphatic carbocycles. The van der Waals surface area contributed by atoms with Crippen LogP contribution in [0.2, 0.25) is 0 Å². The van der Waals surface area contributed by atoms with E-state index in [0.717, 1.165) is 5.56 Å². The molecule has 1 fully saturated rings. The summed E-state index contributed by atoms with van der Waals surface area (Å²) in [7, 11) is -3.47. The van der Waals surface area contributed by atoms with E-state index in [4.69, 9.17) is 0 Å². The van der Waals surface area contributed by atoms with Gasteiger partial charge in [0.2, 0.25) is 10.0 Å². The van der Waals surface area contributed by atoms with Gasteiger partial charge in [-0.2, -0.15) is 0 Å². The predicted octanol–water partition coefficient (Wildman–Crippen LogP) is 1.81. The molecule has 0 aliphatic heterocycles. The van der Waals surface area contributed by atoms with Crippen molar-refractivity contribution in [3.8, 4) is 0 Å². The van der Waals surface area contributed by atoms with Gasteiger partial charge in [0.05, 0.1) is 11.5 Å². The Labute approximate surface area is 114 Å². The number of rotatable bonds is 6. The minimum Gasteiger partial charge on any atom is -0.392 e. The van der Waals surface area contributed by atoms with Gasteiger partial charge in [0, 0.05) is 6.54 Å². The van der Waals surface area contributed by atoms with Crippen molar-refractivity contribution in [1.82, 2.24) is 4.72 Å². The van der Waals surface area contributed by atoms with E-state index >= 15 is 0 Å². The van der Waals surface area contributed by atoms with E-state index in [-0.39, 0.29) is 11.5 Å². The molecule has 0 heterocycles. The molecule has 2 rings (SSSR count). The molecule has 106 valence electrons. The van der Waals surface area contributed by atoms with Crippen LogP contribution in [0.15, 0.2) is 23.1 Å². The zero-order valence-corrected chi connectivity index (χ0v) is 12.2. The fourth-order valence-corrected chi connectivity index (χ4v) is 3.34. The van der Waals surface area contributed by atoms with E-state index < -0.39 is 10.0 Å². The normalized spacial score (nSPS) is 17.4. The number of aryl methyl sites for hydroxylation is 1. The quantitative estimate of drug-likeness (QED) is 0.837. The number of hydrogen-bond acceptors (Lipinski definition) is 3. The van der Waals surface area contributed by atoms with E-state index in [0.29, 0.717) is 23.9 Å². The average Bonchev–Trinajstić information content (AvgIpc) is 3.20. The molecule has 5 heteroatoms. The molecule has 1 saturated carbocycles. The predicted molar refractivity (Wildman–Crippen MR) is 74.2 cm³/mol. The second-order valence-electron chi connectivity index (χ2n) is 5.41. The van der Waals surface area contributed by atoms with Crippen molar-refractivity contribution in [2.24, 2.45) is 11.8 Å². The van der Waals surface area contributed by atoms with Crippen molar-refractivity contribution in [3.05, 3.63) is 29.3 Å². The molecule has 0 radical (unpaired) electrons. The summed E-state index contributed by atoms with van der Waals surface area (Å²) in [5.41, 5.74) is 1.55. The van der Waals surface area contributed by atoms with Crippen LogP contribution < -0.4 is 4.72 Å². The highest BCUT2D eigenvalue weighted by molar-refractivity contribution is 7.89. The van der Waals surface area contributed by atoms with Gasteiger partial charge in [-0.15, -0.1) is 0 Å². The lowest BCUT2D eigenvalue weighted by molar-refractivity contribution is 0.280. The molecule has 19 heavy (non-hydrogen) atoms. The standard InChI is InChI=1S/C14H21NO3S/c1-10-3-6-14(7-13(10)9-16)19(17,18)15-8-11(2)12-4-5-12/h3,6-7,11-12,15-16H,4-5,8-9H2,1-2H3. The number of hydrogen-bond donors (Lipinski definition) is 2. The topological polar surface area (TPSA) is 66.4 Å². The molecule has 4 nitrogen and oxygen atoms in total. The van der Waals surface area contributed by atoms with Crippen molar-refractivity contribution in [1.29, 1.82) is 0 Å². The molecule has 1 aromatic rings. The molecule has 1 atom stereocenters. The lowest BCUT2D eigenvalue weighted by Gasteiger charge is -2.13. The molecule has 1 unspecified atom stereocenters. The van der Waals surface area contributed by atoms with Crippen molar-refractivity contribution < 1.29 is 13.5 Å². The number of benzene rings is 1. The zero-order chi connectivity index (χ0) is 14.0. The minimum atomic E-state index is -3.47. The van der Waals surface area contributed by atoms with Gasteiger partial charge >= 0.3 is 0 Å². The average molecular weight is 283 g/mol. The Kier molecular flexibility index (Phi) is 4.28. The summed E-state index contributed by atoms with van der Waals surface area (Å²) < 4.78 is 27.0. The molecular formula is C14H21NO3S. The minimum absolute atomic E-state index is 0.145. The fourth-order valence-electron chi connectivity index (χ4n) is 2.14. The van der Waals surface area contributed by atoms with Crippen LogP contribution in [0.5, 0.6) is 0 Å². The summed E-state index contributed by atoms with van der Waals surface area (Å²) in [5.74, 6) is 1.06. The summed E-state index contributed by atoms with van der Waals surface area (Å²) in [5, 5.41) is 9.19. The van der Waals surface area contributed by atoms with Crippen LogP contribution in [0.3, 0.4) is 0 Å². The van der Waals surface area contributed by atoms with Gasteiger partial charge in [0.1, 0.15) is 0 Å². The Balaban J connectivity index is 2.09. The first-order valence-corrected chi connectivity index (χ1v) is 8.12. The van der Waals surface area contributed by atoms with Crippen LogP contribution in [0.1, 0.15) is 30.9 Å². The molecule has 1 aromatic carbocycles. The fraction of sp³-hybridized carbons (Fsp3) is 0.571. The molecule has 0 spiro atoms. The van der Waals surface area contributed by atoms with Crippen LogP contribution in [-0.2, 0) is 16.6 Å². The number of sulfonamides is 1. The molecular weight excluding hydrogens is 262 g/mol. The van der Waals surface area contributed by atoms with Crippen molar-refractivity contribution in [2.45, 2.75) is 38.2 Å². The van der Waals surface area contributed by atoms with Crippen molar-refractivity contribution in [2.75, 3.05) is 6.54 Å². The first kappa shape index (κ1) is 14.5. The molecule has 0 aromatic heterocycles. The highest BCUT2D eigenvalue weighted by atomic mass is 32.2. The van der Waals surface area contributed by atoms with Crippen LogP contribution in [0, 0.1) is 18.8 Å². The van der Waals surface area contributed by atoms with E-state index in [1.165, 1.54) is 12.8 Å². The van der Waals surface area contributed by atoms with Crippen molar-refractivity contribution >= 4 is 10.0 Å². The summed E-state index contributed by atoms with van der Waals surface area (Å²) in [6.07, 6.45) is 2.42. The Morgan fingerprint density at radius 3 is 2.68 bits per heavy atom. The Morgan fingerprint density at radius 1 is 1.42 bits per heavy atom. The van der Waals surface area contributed by atoms with Crippen LogP contribution in [0.4, 0.5) is 0 Å². The Bertz CT molecular complexity index is 550. The molecule has 0 saturated heterocycles. The highest BCUT2D eigenvalue weighted by Gasteiger charge is 2.28. The lowest BCUT2D eigenvalue weighted by atomic mass is 10.1. The van der Waals surface area contributed by atoms with E-state index in [9.17, 15) is 13.5 Å². The SMILES string of the molecule is Cc1ccc(S(=O)(=O)NCC(C)C2CC2)cc1CO. The monoisotopic (exact) mass is 283 g/mol. The summed E-state index contributed by atoms with van der Waals surface area (Å²) in [4.78, 5) is 0.227. The van der Waals surface area contributed by atoms with Crippen LogP contribution >= 0.6 is 0 Å². The largest absolute Gasteiger partial charge is 0.392 e. The zero-order valence-electron chi connectivity index (χ0n) is 11.4. The third-order valence-electron chi connectivity index (χ3n) is 3.82. The van der Waals surface area contributed by atoms with E-state index in [2.05, 4.69) is 11.6 Å². The third-order valence-corrected chi connectivity index (χ3v) is 5.24. The summed E-state index contributed by atoms with van der Waals surface area (Å²) in [6, 6.07) is 4.85. The van der Waals surface area contributed by atoms with Crippen molar-refractivity contribution in [3.63, 3.8) is 0 Å². The van der Waals surface area contributed by atoms with Gasteiger partial charge in [-0.25, -0.2) is 13.1 Å². The van der Waals surface area contributed by atoms with Gasteiger partial charge < -0.3 is 5.11 Å². The number of nitrogens with one attached hydrogen (secondary N) is 1. The lowest BCUT2D eigenvalue weighted by Crippen LogP contribution is -2.29. The number of aliphatic hydroxyl groups excluding tert-OH is 1. The summed E-state index contributed by atoms with van der Waals surface area (Å²) >= 11 is 0. The number of aliphatic hydroxyl groups is 1. The van der Waals surface area contributed by atoms with Gasteiger partial charge in [0.15, 0.2) is 0 Å². The molecule has 0 bridgehead atoms. The first-order valence-electron chi connectivity index (χ1n) is 6.64. The Hall–Kier alpha value is -0.910. The van der Waals surface area contributed by atoms with Crippen LogP contribution in [0.25, 0.3) is 0 Å². The van der Waals surface area contributed by atoms with Gasteiger partial charge in [-0.1, -0.05) is 13.0 Å². The van der Waals surface area contributed by atoms with E-state index in [1.54, 1.807) is 18.2 Å². The molecule has 0 amide bonds. The first-order chi connectivity index (χ1) is 8.94. The van der Waals surface area contributed by atoms with Gasteiger partial charge in [-0.05, 0) is 54.9 Å². The van der Waals surface area contributed by atoms with Gasteiger partial charge in [0.25, 0.3) is 0 Å². The smallest absolute Gasteiger partial charge is 0.240 e. The van der Waals surface area contributed by atoms with E-state index in [1.807, 2.05) is 6.92 Å². The Morgan fingerprint density at radius 2 is 2.11 bits per heavy atom. The van der Waals surface area contributed by atoms with Gasteiger partial charge in [-0.3, -0.25) is 0 Å². The van der Waals surface area contributed by atoms with Crippen LogP contribution in [-0.4, -0.2) is 20.1 Å². The second kappa shape index (κ2) is 5.61. The second-order valence-corrected chi connectivity index (χ2v) is 7.18. The molecule has 2 N–H and O–H groups in total.